The van der Waals surface area contributed by atoms with Crippen LogP contribution in [0.5, 0.6) is 0 Å². The third-order valence-corrected chi connectivity index (χ3v) is 2.13. The summed E-state index contributed by atoms with van der Waals surface area (Å²) in [5.41, 5.74) is 0. The minimum atomic E-state index is -1.11. The summed E-state index contributed by atoms with van der Waals surface area (Å²) >= 11 is 0. The first-order valence-corrected chi connectivity index (χ1v) is 5.34. The number of carbonyl (C=O) groups is 3. The number of furan rings is 1. The molecule has 0 aliphatic rings. The largest absolute Gasteiger partial charge is 0.480 e. The molecule has 7 nitrogen and oxygen atoms in total. The van der Waals surface area contributed by atoms with Crippen LogP contribution in [0.1, 0.15) is 23.9 Å². The van der Waals surface area contributed by atoms with Crippen LogP contribution in [0.2, 0.25) is 0 Å². The fourth-order valence-corrected chi connectivity index (χ4v) is 1.16. The number of carboxylic acids is 1. The second-order valence-electron chi connectivity index (χ2n) is 3.61. The van der Waals surface area contributed by atoms with Crippen molar-refractivity contribution < 1.29 is 23.9 Å². The zero-order valence-electron chi connectivity index (χ0n) is 9.80. The first-order chi connectivity index (χ1) is 8.50. The third-order valence-electron chi connectivity index (χ3n) is 2.13. The van der Waals surface area contributed by atoms with Crippen LogP contribution in [0.4, 0.5) is 0 Å². The maximum atomic E-state index is 11.4. The summed E-state index contributed by atoms with van der Waals surface area (Å²) in [5.74, 6) is -1.80. The number of hydrogen-bond donors (Lipinski definition) is 3. The van der Waals surface area contributed by atoms with Gasteiger partial charge in [-0.15, -0.1) is 0 Å². The van der Waals surface area contributed by atoms with E-state index in [0.29, 0.717) is 0 Å². The van der Waals surface area contributed by atoms with Crippen molar-refractivity contribution in [1.82, 2.24) is 10.6 Å². The fraction of sp³-hybridized carbons (Fsp3) is 0.364. The molecule has 0 spiro atoms. The monoisotopic (exact) mass is 254 g/mol. The Kier molecular flexibility index (Phi) is 4.91. The Morgan fingerprint density at radius 2 is 2.17 bits per heavy atom. The minimum Gasteiger partial charge on any atom is -0.480 e. The van der Waals surface area contributed by atoms with E-state index in [1.807, 2.05) is 0 Å². The zero-order chi connectivity index (χ0) is 13.5. The molecule has 1 aromatic heterocycles. The highest BCUT2D eigenvalue weighted by Crippen LogP contribution is 1.98. The van der Waals surface area contributed by atoms with Gasteiger partial charge in [0.1, 0.15) is 6.04 Å². The summed E-state index contributed by atoms with van der Waals surface area (Å²) in [6, 6.07) is 2.14. The van der Waals surface area contributed by atoms with Crippen LogP contribution < -0.4 is 10.6 Å². The Balaban J connectivity index is 2.24. The summed E-state index contributed by atoms with van der Waals surface area (Å²) in [6.07, 6.45) is 1.38. The van der Waals surface area contributed by atoms with Crippen LogP contribution in [0.3, 0.4) is 0 Å². The first-order valence-electron chi connectivity index (χ1n) is 5.34. The van der Waals surface area contributed by atoms with Crippen molar-refractivity contribution >= 4 is 17.8 Å². The molecule has 0 unspecified atom stereocenters. The Labute approximate surface area is 103 Å². The zero-order valence-corrected chi connectivity index (χ0v) is 9.80. The van der Waals surface area contributed by atoms with Gasteiger partial charge in [-0.2, -0.15) is 0 Å². The summed E-state index contributed by atoms with van der Waals surface area (Å²) in [4.78, 5) is 33.1. The SMILES string of the molecule is C[C@H](NC(=O)CCNC(=O)c1ccco1)C(=O)O. The van der Waals surface area contributed by atoms with E-state index >= 15 is 0 Å². The Hall–Kier alpha value is -2.31. The predicted octanol–water partition coefficient (Wildman–Crippen LogP) is -0.0112. The summed E-state index contributed by atoms with van der Waals surface area (Å²) in [7, 11) is 0. The van der Waals surface area contributed by atoms with Crippen molar-refractivity contribution in [2.45, 2.75) is 19.4 Å². The average Bonchev–Trinajstić information content (AvgIpc) is 2.81. The van der Waals surface area contributed by atoms with Crippen molar-refractivity contribution in [2.24, 2.45) is 0 Å². The lowest BCUT2D eigenvalue weighted by Crippen LogP contribution is -2.39. The van der Waals surface area contributed by atoms with E-state index in [1.165, 1.54) is 19.3 Å². The molecule has 1 atom stereocenters. The number of carbonyl (C=O) groups excluding carboxylic acids is 2. The molecule has 18 heavy (non-hydrogen) atoms. The van der Waals surface area contributed by atoms with Gasteiger partial charge in [0.15, 0.2) is 5.76 Å². The highest BCUT2D eigenvalue weighted by Gasteiger charge is 2.14. The summed E-state index contributed by atoms with van der Waals surface area (Å²) in [6.45, 7) is 1.47. The van der Waals surface area contributed by atoms with E-state index in [4.69, 9.17) is 9.52 Å². The van der Waals surface area contributed by atoms with Gasteiger partial charge in [0.05, 0.1) is 6.26 Å². The lowest BCUT2D eigenvalue weighted by atomic mass is 10.3. The third kappa shape index (κ3) is 4.28. The molecule has 7 heteroatoms. The normalized spacial score (nSPS) is 11.6. The van der Waals surface area contributed by atoms with Crippen LogP contribution in [0, 0.1) is 0 Å². The molecular formula is C11H14N2O5. The van der Waals surface area contributed by atoms with Gasteiger partial charge in [-0.05, 0) is 19.1 Å². The Bertz CT molecular complexity index is 427. The average molecular weight is 254 g/mol. The maximum absolute atomic E-state index is 11.4. The van der Waals surface area contributed by atoms with E-state index in [2.05, 4.69) is 10.6 Å². The van der Waals surface area contributed by atoms with E-state index in [9.17, 15) is 14.4 Å². The van der Waals surface area contributed by atoms with Gasteiger partial charge in [-0.25, -0.2) is 0 Å². The van der Waals surface area contributed by atoms with Crippen LogP contribution in [0.25, 0.3) is 0 Å². The number of rotatable bonds is 6. The minimum absolute atomic E-state index is 0.00404. The molecule has 2 amide bonds. The molecule has 0 bridgehead atoms. The predicted molar refractivity (Wildman–Crippen MR) is 60.9 cm³/mol. The Morgan fingerprint density at radius 3 is 2.72 bits per heavy atom. The highest BCUT2D eigenvalue weighted by atomic mass is 16.4. The molecule has 0 aliphatic carbocycles. The number of hydrogen-bond acceptors (Lipinski definition) is 4. The van der Waals surface area contributed by atoms with Gasteiger partial charge in [0.2, 0.25) is 5.91 Å². The molecule has 0 saturated carbocycles. The molecule has 1 aromatic rings. The molecule has 0 fully saturated rings. The van der Waals surface area contributed by atoms with Gasteiger partial charge < -0.3 is 20.2 Å². The van der Waals surface area contributed by atoms with Crippen molar-refractivity contribution in [2.75, 3.05) is 6.54 Å². The lowest BCUT2D eigenvalue weighted by molar-refractivity contribution is -0.141. The van der Waals surface area contributed by atoms with E-state index in [-0.39, 0.29) is 18.7 Å². The molecule has 0 aromatic carbocycles. The van der Waals surface area contributed by atoms with E-state index < -0.39 is 23.8 Å². The van der Waals surface area contributed by atoms with Crippen LogP contribution in [0.15, 0.2) is 22.8 Å². The molecule has 0 aliphatic heterocycles. The standard InChI is InChI=1S/C11H14N2O5/c1-7(11(16)17)13-9(14)4-5-12-10(15)8-3-2-6-18-8/h2-3,6-7H,4-5H2,1H3,(H,12,15)(H,13,14)(H,16,17)/t7-/m0/s1. The Morgan fingerprint density at radius 1 is 1.44 bits per heavy atom. The van der Waals surface area contributed by atoms with Gasteiger partial charge in [0.25, 0.3) is 5.91 Å². The molecule has 1 rings (SSSR count). The smallest absolute Gasteiger partial charge is 0.325 e. The first kappa shape index (κ1) is 13.8. The maximum Gasteiger partial charge on any atom is 0.325 e. The molecule has 1 heterocycles. The second-order valence-corrected chi connectivity index (χ2v) is 3.61. The van der Waals surface area contributed by atoms with E-state index in [0.717, 1.165) is 0 Å². The molecule has 0 saturated heterocycles. The van der Waals surface area contributed by atoms with Crippen molar-refractivity contribution in [3.05, 3.63) is 24.2 Å². The quantitative estimate of drug-likeness (QED) is 0.661. The number of carboxylic acid groups (broad SMARTS) is 1. The van der Waals surface area contributed by atoms with Gasteiger partial charge in [0, 0.05) is 13.0 Å². The summed E-state index contributed by atoms with van der Waals surface area (Å²) in [5, 5.41) is 13.3. The topological polar surface area (TPSA) is 109 Å². The second kappa shape index (κ2) is 6.43. The van der Waals surface area contributed by atoms with Gasteiger partial charge in [-0.3, -0.25) is 14.4 Å². The van der Waals surface area contributed by atoms with Crippen LogP contribution >= 0.6 is 0 Å². The van der Waals surface area contributed by atoms with E-state index in [1.54, 1.807) is 6.07 Å². The number of aliphatic carboxylic acids is 1. The van der Waals surface area contributed by atoms with Crippen molar-refractivity contribution in [3.8, 4) is 0 Å². The lowest BCUT2D eigenvalue weighted by Gasteiger charge is -2.09. The van der Waals surface area contributed by atoms with Gasteiger partial charge >= 0.3 is 5.97 Å². The number of amides is 2. The van der Waals surface area contributed by atoms with Crippen LogP contribution in [-0.4, -0.2) is 35.5 Å². The fourth-order valence-electron chi connectivity index (χ4n) is 1.16. The highest BCUT2D eigenvalue weighted by molar-refractivity contribution is 5.91. The molecular weight excluding hydrogens is 240 g/mol. The number of nitrogens with one attached hydrogen (secondary N) is 2. The van der Waals surface area contributed by atoms with Crippen LogP contribution in [-0.2, 0) is 9.59 Å². The van der Waals surface area contributed by atoms with Gasteiger partial charge in [-0.1, -0.05) is 0 Å². The molecule has 98 valence electrons. The molecule has 3 N–H and O–H groups in total. The van der Waals surface area contributed by atoms with Crippen molar-refractivity contribution in [3.63, 3.8) is 0 Å². The summed E-state index contributed by atoms with van der Waals surface area (Å²) < 4.78 is 4.86. The molecule has 0 radical (unpaired) electrons. The van der Waals surface area contributed by atoms with Crippen molar-refractivity contribution in [1.29, 1.82) is 0 Å².